The van der Waals surface area contributed by atoms with Gasteiger partial charge in [0.15, 0.2) is 0 Å². The summed E-state index contributed by atoms with van der Waals surface area (Å²) < 4.78 is 2.27. The van der Waals surface area contributed by atoms with Crippen molar-refractivity contribution in [2.75, 3.05) is 19.6 Å². The number of unbranched alkanes of at least 4 members (excludes halogenated alkanes) is 2. The van der Waals surface area contributed by atoms with Crippen molar-refractivity contribution in [2.45, 2.75) is 78.8 Å². The largest absolute Gasteiger partial charge is 0.508 e. The number of carbonyl (C=O) groups is 1. The highest BCUT2D eigenvalue weighted by molar-refractivity contribution is 6.10. The minimum atomic E-state index is -0.0123. The van der Waals surface area contributed by atoms with Crippen LogP contribution in [0.3, 0.4) is 0 Å². The number of hydrogen-bond acceptors (Lipinski definition) is 3. The lowest BCUT2D eigenvalue weighted by Crippen LogP contribution is -2.29. The summed E-state index contributed by atoms with van der Waals surface area (Å²) in [5.41, 5.74) is 3.73. The number of phenolic OH excluding ortho intramolecular Hbond substituents is 1. The zero-order valence-corrected chi connectivity index (χ0v) is 18.4. The number of fused-ring (bicyclic) bond motifs is 1. The Bertz CT molecular complexity index is 834. The normalized spacial score (nSPS) is 15.1. The summed E-state index contributed by atoms with van der Waals surface area (Å²) >= 11 is 0. The molecular formula is C24H37N3O2. The maximum atomic E-state index is 13.2. The lowest BCUT2D eigenvalue weighted by atomic mass is 10.0. The second kappa shape index (κ2) is 10.1. The molecule has 1 fully saturated rings. The molecule has 5 nitrogen and oxygen atoms in total. The highest BCUT2D eigenvalue weighted by Crippen LogP contribution is 2.35. The Labute approximate surface area is 175 Å². The number of carbonyl (C=O) groups excluding carboxylic acids is 1. The molecule has 0 spiro atoms. The number of benzene rings is 1. The van der Waals surface area contributed by atoms with E-state index >= 15 is 0 Å². The molecule has 1 amide bonds. The third kappa shape index (κ3) is 4.77. The molecule has 1 aromatic heterocycles. The van der Waals surface area contributed by atoms with Crippen LogP contribution in [0.5, 0.6) is 5.75 Å². The molecule has 0 radical (unpaired) electrons. The van der Waals surface area contributed by atoms with Gasteiger partial charge in [0, 0.05) is 41.8 Å². The predicted molar refractivity (Wildman–Crippen MR) is 120 cm³/mol. The van der Waals surface area contributed by atoms with Crippen LogP contribution in [0.1, 0.15) is 80.4 Å². The smallest absolute Gasteiger partial charge is 0.253 e. The molecule has 5 heteroatoms. The van der Waals surface area contributed by atoms with E-state index in [1.54, 1.807) is 0 Å². The minimum absolute atomic E-state index is 0.0123. The maximum absolute atomic E-state index is 13.2. The fourth-order valence-corrected chi connectivity index (χ4v) is 4.48. The molecular weight excluding hydrogens is 362 g/mol. The van der Waals surface area contributed by atoms with Crippen molar-refractivity contribution in [2.24, 2.45) is 0 Å². The average molecular weight is 400 g/mol. The Morgan fingerprint density at radius 2 is 1.83 bits per heavy atom. The lowest BCUT2D eigenvalue weighted by Gasteiger charge is -2.27. The molecule has 3 rings (SSSR count). The second-order valence-electron chi connectivity index (χ2n) is 8.37. The van der Waals surface area contributed by atoms with Gasteiger partial charge in [-0.3, -0.25) is 9.69 Å². The van der Waals surface area contributed by atoms with E-state index in [4.69, 9.17) is 0 Å². The number of nitrogens with one attached hydrogen (secondary N) is 1. The molecule has 1 saturated heterocycles. The van der Waals surface area contributed by atoms with Gasteiger partial charge in [-0.25, -0.2) is 0 Å². The summed E-state index contributed by atoms with van der Waals surface area (Å²) in [6.07, 6.45) is 7.91. The topological polar surface area (TPSA) is 57.5 Å². The van der Waals surface area contributed by atoms with Crippen molar-refractivity contribution in [1.29, 1.82) is 0 Å². The summed E-state index contributed by atoms with van der Waals surface area (Å²) in [6, 6.07) is 3.79. The van der Waals surface area contributed by atoms with Gasteiger partial charge in [-0.05, 0) is 57.8 Å². The van der Waals surface area contributed by atoms with Gasteiger partial charge >= 0.3 is 0 Å². The summed E-state index contributed by atoms with van der Waals surface area (Å²) in [4.78, 5) is 15.6. The third-order valence-electron chi connectivity index (χ3n) is 6.18. The zero-order chi connectivity index (χ0) is 20.8. The van der Waals surface area contributed by atoms with E-state index in [0.717, 1.165) is 73.0 Å². The first kappa shape index (κ1) is 21.7. The molecule has 1 aliphatic rings. The number of amides is 1. The number of aromatic hydroxyl groups is 1. The van der Waals surface area contributed by atoms with E-state index in [1.165, 1.54) is 19.3 Å². The van der Waals surface area contributed by atoms with Crippen LogP contribution in [-0.2, 0) is 13.1 Å². The molecule has 0 atom stereocenters. The molecule has 29 heavy (non-hydrogen) atoms. The van der Waals surface area contributed by atoms with Crippen molar-refractivity contribution in [3.05, 3.63) is 29.0 Å². The van der Waals surface area contributed by atoms with Gasteiger partial charge in [0.2, 0.25) is 0 Å². The maximum Gasteiger partial charge on any atom is 0.253 e. The molecule has 0 unspecified atom stereocenters. The molecule has 160 valence electrons. The Morgan fingerprint density at radius 1 is 1.10 bits per heavy atom. The molecule has 0 bridgehead atoms. The van der Waals surface area contributed by atoms with E-state index in [1.807, 2.05) is 19.1 Å². The van der Waals surface area contributed by atoms with Crippen molar-refractivity contribution in [1.82, 2.24) is 14.8 Å². The van der Waals surface area contributed by atoms with Gasteiger partial charge in [0.25, 0.3) is 5.91 Å². The Kier molecular flexibility index (Phi) is 7.59. The van der Waals surface area contributed by atoms with Crippen molar-refractivity contribution in [3.63, 3.8) is 0 Å². The van der Waals surface area contributed by atoms with Crippen LogP contribution >= 0.6 is 0 Å². The highest BCUT2D eigenvalue weighted by Gasteiger charge is 2.25. The Hall–Kier alpha value is -2.01. The predicted octanol–water partition coefficient (Wildman–Crippen LogP) is 4.97. The fraction of sp³-hybridized carbons (Fsp3) is 0.625. The number of aryl methyl sites for hydroxylation is 1. The molecule has 1 aliphatic heterocycles. The molecule has 0 saturated carbocycles. The summed E-state index contributed by atoms with van der Waals surface area (Å²) in [5.74, 6) is 0.292. The van der Waals surface area contributed by atoms with Gasteiger partial charge < -0.3 is 15.0 Å². The number of phenols is 1. The average Bonchev–Trinajstić information content (AvgIpc) is 3.01. The van der Waals surface area contributed by atoms with Crippen LogP contribution in [0.2, 0.25) is 0 Å². The molecule has 2 heterocycles. The second-order valence-corrected chi connectivity index (χ2v) is 8.37. The van der Waals surface area contributed by atoms with Crippen LogP contribution < -0.4 is 5.32 Å². The van der Waals surface area contributed by atoms with Crippen LogP contribution in [-0.4, -0.2) is 40.1 Å². The number of hydrogen-bond donors (Lipinski definition) is 2. The van der Waals surface area contributed by atoms with Gasteiger partial charge in [-0.1, -0.05) is 33.1 Å². The monoisotopic (exact) mass is 399 g/mol. The Balaban J connectivity index is 2.08. The van der Waals surface area contributed by atoms with Gasteiger partial charge in [0.1, 0.15) is 5.75 Å². The van der Waals surface area contributed by atoms with Crippen LogP contribution in [0.15, 0.2) is 12.1 Å². The molecule has 2 aromatic rings. The van der Waals surface area contributed by atoms with Crippen LogP contribution in [0.25, 0.3) is 10.9 Å². The zero-order valence-electron chi connectivity index (χ0n) is 18.4. The first-order valence-electron chi connectivity index (χ1n) is 11.4. The number of likely N-dealkylation sites (tertiary alicyclic amines) is 1. The third-order valence-corrected chi connectivity index (χ3v) is 6.18. The van der Waals surface area contributed by atoms with Gasteiger partial charge in [-0.2, -0.15) is 0 Å². The number of rotatable bonds is 9. The van der Waals surface area contributed by atoms with Crippen molar-refractivity contribution < 1.29 is 9.90 Å². The van der Waals surface area contributed by atoms with Gasteiger partial charge in [0.05, 0.1) is 5.56 Å². The Morgan fingerprint density at radius 3 is 2.52 bits per heavy atom. The SMILES string of the molecule is CCCCNC(=O)c1c(C)n(CCCC)c2ccc(O)c(CN3CCCCC3)c12. The number of piperidine rings is 1. The van der Waals surface area contributed by atoms with E-state index in [-0.39, 0.29) is 5.91 Å². The fourth-order valence-electron chi connectivity index (χ4n) is 4.48. The first-order valence-corrected chi connectivity index (χ1v) is 11.4. The molecule has 1 aromatic carbocycles. The summed E-state index contributed by atoms with van der Waals surface area (Å²) in [7, 11) is 0. The van der Waals surface area contributed by atoms with E-state index in [9.17, 15) is 9.90 Å². The van der Waals surface area contributed by atoms with E-state index in [2.05, 4.69) is 28.6 Å². The summed E-state index contributed by atoms with van der Waals surface area (Å²) in [6.45, 7) is 10.8. The van der Waals surface area contributed by atoms with Crippen molar-refractivity contribution in [3.8, 4) is 5.75 Å². The molecule has 0 aliphatic carbocycles. The minimum Gasteiger partial charge on any atom is -0.508 e. The highest BCUT2D eigenvalue weighted by atomic mass is 16.3. The number of nitrogens with zero attached hydrogens (tertiary/aromatic N) is 2. The lowest BCUT2D eigenvalue weighted by molar-refractivity contribution is 0.0954. The van der Waals surface area contributed by atoms with Crippen LogP contribution in [0, 0.1) is 6.92 Å². The quantitative estimate of drug-likeness (QED) is 0.585. The summed E-state index contributed by atoms with van der Waals surface area (Å²) in [5, 5.41) is 14.8. The standard InChI is InChI=1S/C24H37N3O2/c1-4-6-13-25-24(29)22-18(3)27(16-7-5-2)20-11-12-21(28)19(23(20)22)17-26-14-9-8-10-15-26/h11-12,28H,4-10,13-17H2,1-3H3,(H,25,29). The van der Waals surface area contributed by atoms with Crippen molar-refractivity contribution >= 4 is 16.8 Å². The first-order chi connectivity index (χ1) is 14.1. The number of aromatic nitrogens is 1. The van der Waals surface area contributed by atoms with E-state index in [0.29, 0.717) is 18.8 Å². The van der Waals surface area contributed by atoms with E-state index < -0.39 is 0 Å². The van der Waals surface area contributed by atoms with Crippen LogP contribution in [0.4, 0.5) is 0 Å². The van der Waals surface area contributed by atoms with Gasteiger partial charge in [-0.15, -0.1) is 0 Å². The molecule has 2 N–H and O–H groups in total.